The second-order valence-corrected chi connectivity index (χ2v) is 4.95. The van der Waals surface area contributed by atoms with Crippen molar-refractivity contribution >= 4 is 23.6 Å². The molecule has 1 saturated heterocycles. The summed E-state index contributed by atoms with van der Waals surface area (Å²) in [6, 6.07) is 1.35. The Bertz CT molecular complexity index is 593. The topological polar surface area (TPSA) is 82.7 Å². The van der Waals surface area contributed by atoms with Crippen LogP contribution < -0.4 is 5.56 Å². The zero-order valence-electron chi connectivity index (χ0n) is 11.6. The molecule has 2 amide bonds. The molecular formula is C13H16ClN3O4. The zero-order chi connectivity index (χ0) is 15.4. The smallest absolute Gasteiger partial charge is 0.409 e. The lowest BCUT2D eigenvalue weighted by Crippen LogP contribution is -2.50. The Morgan fingerprint density at radius 2 is 1.90 bits per heavy atom. The average molecular weight is 314 g/mol. The Morgan fingerprint density at radius 3 is 2.48 bits per heavy atom. The maximum Gasteiger partial charge on any atom is 0.409 e. The molecule has 0 aliphatic carbocycles. The molecule has 0 radical (unpaired) electrons. The minimum absolute atomic E-state index is 0.0222. The minimum atomic E-state index is -0.430. The molecule has 114 valence electrons. The van der Waals surface area contributed by atoms with Gasteiger partial charge < -0.3 is 19.5 Å². The van der Waals surface area contributed by atoms with Crippen molar-refractivity contribution in [2.75, 3.05) is 32.8 Å². The SMILES string of the molecule is CCOC(=O)N1CCN(C(=O)c2c[nH]c(=O)c(Cl)c2)CC1. The first kappa shape index (κ1) is 15.4. The van der Waals surface area contributed by atoms with E-state index < -0.39 is 5.56 Å². The van der Waals surface area contributed by atoms with Gasteiger partial charge in [0.25, 0.3) is 11.5 Å². The number of hydrogen-bond acceptors (Lipinski definition) is 4. The number of halogens is 1. The van der Waals surface area contributed by atoms with Crippen LogP contribution >= 0.6 is 11.6 Å². The molecule has 0 saturated carbocycles. The van der Waals surface area contributed by atoms with E-state index in [1.54, 1.807) is 16.7 Å². The quantitative estimate of drug-likeness (QED) is 0.881. The van der Waals surface area contributed by atoms with Crippen LogP contribution in [0, 0.1) is 0 Å². The highest BCUT2D eigenvalue weighted by Crippen LogP contribution is 2.11. The van der Waals surface area contributed by atoms with E-state index in [1.807, 2.05) is 0 Å². The van der Waals surface area contributed by atoms with Crippen molar-refractivity contribution in [1.82, 2.24) is 14.8 Å². The van der Waals surface area contributed by atoms with Gasteiger partial charge in [-0.2, -0.15) is 0 Å². The highest BCUT2D eigenvalue weighted by Gasteiger charge is 2.25. The molecule has 1 aliphatic heterocycles. The van der Waals surface area contributed by atoms with Gasteiger partial charge in [0.2, 0.25) is 0 Å². The monoisotopic (exact) mass is 313 g/mol. The molecule has 1 aliphatic rings. The lowest BCUT2D eigenvalue weighted by Gasteiger charge is -2.34. The number of H-pyrrole nitrogens is 1. The summed E-state index contributed by atoms with van der Waals surface area (Å²) < 4.78 is 4.92. The van der Waals surface area contributed by atoms with Gasteiger partial charge in [-0.05, 0) is 13.0 Å². The second kappa shape index (κ2) is 6.62. The summed E-state index contributed by atoms with van der Waals surface area (Å²) >= 11 is 5.71. The van der Waals surface area contributed by atoms with Crippen molar-refractivity contribution in [2.45, 2.75) is 6.92 Å². The van der Waals surface area contributed by atoms with Crippen LogP contribution in [0.2, 0.25) is 5.02 Å². The Labute approximate surface area is 126 Å². The third kappa shape index (κ3) is 3.55. The minimum Gasteiger partial charge on any atom is -0.450 e. The largest absolute Gasteiger partial charge is 0.450 e. The molecule has 2 heterocycles. The molecule has 1 aromatic rings. The molecule has 8 heteroatoms. The van der Waals surface area contributed by atoms with Gasteiger partial charge in [-0.15, -0.1) is 0 Å². The molecular weight excluding hydrogens is 298 g/mol. The molecule has 2 rings (SSSR count). The first-order chi connectivity index (χ1) is 10.0. The van der Waals surface area contributed by atoms with Gasteiger partial charge in [-0.25, -0.2) is 4.79 Å². The fourth-order valence-corrected chi connectivity index (χ4v) is 2.24. The second-order valence-electron chi connectivity index (χ2n) is 4.54. The van der Waals surface area contributed by atoms with Crippen LogP contribution in [-0.4, -0.2) is 59.6 Å². The van der Waals surface area contributed by atoms with Crippen LogP contribution in [0.4, 0.5) is 4.79 Å². The van der Waals surface area contributed by atoms with E-state index in [0.717, 1.165) is 0 Å². The Hall–Kier alpha value is -2.02. The lowest BCUT2D eigenvalue weighted by atomic mass is 10.2. The van der Waals surface area contributed by atoms with E-state index in [9.17, 15) is 14.4 Å². The van der Waals surface area contributed by atoms with Crippen LogP contribution in [0.15, 0.2) is 17.1 Å². The van der Waals surface area contributed by atoms with Crippen LogP contribution in [0.5, 0.6) is 0 Å². The molecule has 1 N–H and O–H groups in total. The summed E-state index contributed by atoms with van der Waals surface area (Å²) in [7, 11) is 0. The molecule has 21 heavy (non-hydrogen) atoms. The zero-order valence-corrected chi connectivity index (χ0v) is 12.4. The van der Waals surface area contributed by atoms with Gasteiger partial charge in [-0.3, -0.25) is 9.59 Å². The number of carbonyl (C=O) groups is 2. The van der Waals surface area contributed by atoms with Crippen LogP contribution in [0.1, 0.15) is 17.3 Å². The Morgan fingerprint density at radius 1 is 1.29 bits per heavy atom. The van der Waals surface area contributed by atoms with Gasteiger partial charge in [0.05, 0.1) is 12.2 Å². The van der Waals surface area contributed by atoms with E-state index in [2.05, 4.69) is 4.98 Å². The third-order valence-electron chi connectivity index (χ3n) is 3.20. The first-order valence-electron chi connectivity index (χ1n) is 6.62. The van der Waals surface area contributed by atoms with Crippen molar-refractivity contribution in [3.05, 3.63) is 33.2 Å². The number of piperazine rings is 1. The average Bonchev–Trinajstić information content (AvgIpc) is 2.50. The van der Waals surface area contributed by atoms with Crippen LogP contribution in [-0.2, 0) is 4.74 Å². The number of pyridine rings is 1. The Kier molecular flexibility index (Phi) is 4.85. The summed E-state index contributed by atoms with van der Waals surface area (Å²) in [4.78, 5) is 40.6. The molecule has 7 nitrogen and oxygen atoms in total. The summed E-state index contributed by atoms with van der Waals surface area (Å²) in [6.45, 7) is 3.73. The normalized spacial score (nSPS) is 15.0. The number of carbonyl (C=O) groups excluding carboxylic acids is 2. The molecule has 0 bridgehead atoms. The standard InChI is InChI=1S/C13H16ClN3O4/c1-2-21-13(20)17-5-3-16(4-6-17)12(19)9-7-10(14)11(18)15-8-9/h7-8H,2-6H2,1H3,(H,15,18). The number of aromatic amines is 1. The predicted octanol–water partition coefficient (Wildman–Crippen LogP) is 0.943. The highest BCUT2D eigenvalue weighted by molar-refractivity contribution is 6.30. The summed E-state index contributed by atoms with van der Waals surface area (Å²) in [5, 5.41) is -0.0222. The highest BCUT2D eigenvalue weighted by atomic mass is 35.5. The van der Waals surface area contributed by atoms with Crippen molar-refractivity contribution in [1.29, 1.82) is 0 Å². The predicted molar refractivity (Wildman–Crippen MR) is 76.6 cm³/mol. The number of amides is 2. The first-order valence-corrected chi connectivity index (χ1v) is 7.00. The number of nitrogens with one attached hydrogen (secondary N) is 1. The van der Waals surface area contributed by atoms with Gasteiger partial charge in [0.15, 0.2) is 0 Å². The fraction of sp³-hybridized carbons (Fsp3) is 0.462. The number of ether oxygens (including phenoxy) is 1. The molecule has 1 fully saturated rings. The summed E-state index contributed by atoms with van der Waals surface area (Å²) in [6.07, 6.45) is 0.977. The number of aromatic nitrogens is 1. The van der Waals surface area contributed by atoms with Crippen LogP contribution in [0.3, 0.4) is 0 Å². The number of rotatable bonds is 2. The maximum absolute atomic E-state index is 12.3. The van der Waals surface area contributed by atoms with E-state index in [0.29, 0.717) is 38.3 Å². The van der Waals surface area contributed by atoms with Crippen molar-refractivity contribution in [2.24, 2.45) is 0 Å². The molecule has 1 aromatic heterocycles. The Balaban J connectivity index is 1.98. The van der Waals surface area contributed by atoms with E-state index in [4.69, 9.17) is 16.3 Å². The van der Waals surface area contributed by atoms with Gasteiger partial charge in [-0.1, -0.05) is 11.6 Å². The van der Waals surface area contributed by atoms with E-state index in [1.165, 1.54) is 12.3 Å². The van der Waals surface area contributed by atoms with E-state index in [-0.39, 0.29) is 17.0 Å². The molecule has 0 aromatic carbocycles. The van der Waals surface area contributed by atoms with Crippen molar-refractivity contribution in [3.8, 4) is 0 Å². The number of hydrogen-bond donors (Lipinski definition) is 1. The molecule has 0 spiro atoms. The third-order valence-corrected chi connectivity index (χ3v) is 3.48. The molecule has 0 unspecified atom stereocenters. The lowest BCUT2D eigenvalue weighted by molar-refractivity contribution is 0.0570. The summed E-state index contributed by atoms with van der Waals surface area (Å²) in [5.74, 6) is -0.225. The van der Waals surface area contributed by atoms with Gasteiger partial charge in [0.1, 0.15) is 5.02 Å². The van der Waals surface area contributed by atoms with Crippen molar-refractivity contribution in [3.63, 3.8) is 0 Å². The fourth-order valence-electron chi connectivity index (χ4n) is 2.07. The van der Waals surface area contributed by atoms with Gasteiger partial charge in [0, 0.05) is 32.4 Å². The van der Waals surface area contributed by atoms with Gasteiger partial charge >= 0.3 is 6.09 Å². The summed E-state index contributed by atoms with van der Waals surface area (Å²) in [5.41, 5.74) is -0.107. The number of nitrogens with zero attached hydrogens (tertiary/aromatic N) is 2. The van der Waals surface area contributed by atoms with Crippen molar-refractivity contribution < 1.29 is 14.3 Å². The van der Waals surface area contributed by atoms with Crippen LogP contribution in [0.25, 0.3) is 0 Å². The van der Waals surface area contributed by atoms with E-state index >= 15 is 0 Å². The molecule has 0 atom stereocenters. The maximum atomic E-state index is 12.3.